The Labute approximate surface area is 747 Å². The summed E-state index contributed by atoms with van der Waals surface area (Å²) < 4.78 is 32.1. The Bertz CT molecular complexity index is 6400. The van der Waals surface area contributed by atoms with E-state index in [1.165, 1.54) is 0 Å². The minimum atomic E-state index is -0.465. The van der Waals surface area contributed by atoms with Crippen molar-refractivity contribution >= 4 is 92.7 Å². The minimum Gasteiger partial charge on any atom is -0.492 e. The smallest absolute Gasteiger partial charge is 0.314 e. The van der Waals surface area contributed by atoms with E-state index in [0.717, 1.165) is 174 Å². The van der Waals surface area contributed by atoms with E-state index in [0.29, 0.717) is 131 Å². The van der Waals surface area contributed by atoms with Gasteiger partial charge in [0.05, 0.1) is 63.7 Å². The highest BCUT2D eigenvalue weighted by molar-refractivity contribution is 5.86. The van der Waals surface area contributed by atoms with Crippen molar-refractivity contribution in [1.29, 1.82) is 0 Å². The van der Waals surface area contributed by atoms with Crippen molar-refractivity contribution in [2.75, 3.05) is 170 Å². The zero-order chi connectivity index (χ0) is 88.7. The van der Waals surface area contributed by atoms with Crippen molar-refractivity contribution < 1.29 is 42.9 Å². The van der Waals surface area contributed by atoms with Gasteiger partial charge >= 0.3 is 6.03 Å². The number of benzene rings is 5. The van der Waals surface area contributed by atoms with Crippen LogP contribution in [0.15, 0.2) is 214 Å². The fourth-order valence-corrected chi connectivity index (χ4v) is 15.6. The predicted molar refractivity (Wildman–Crippen MR) is 493 cm³/mol. The van der Waals surface area contributed by atoms with E-state index >= 15 is 0 Å². The Morgan fingerprint density at radius 2 is 0.677 bits per heavy atom. The van der Waals surface area contributed by atoms with E-state index < -0.39 is 6.03 Å². The summed E-state index contributed by atoms with van der Waals surface area (Å²) in [5, 5.41) is 47.5. The molecule has 0 saturated heterocycles. The van der Waals surface area contributed by atoms with Crippen LogP contribution in [0.2, 0.25) is 0 Å². The van der Waals surface area contributed by atoms with Gasteiger partial charge in [-0.05, 0) is 152 Å². The number of carbonyl (C=O) groups excluding carboxylic acids is 5. The first kappa shape index (κ1) is 85.1. The number of nitrogens with zero attached hydrogens (tertiary/aromatic N) is 19. The highest BCUT2D eigenvalue weighted by Gasteiger charge is 2.35. The van der Waals surface area contributed by atoms with E-state index in [1.807, 2.05) is 193 Å². The molecule has 20 bridgehead atoms. The maximum atomic E-state index is 12.6. The van der Waals surface area contributed by atoms with Gasteiger partial charge in [0.15, 0.2) is 28.2 Å². The molecule has 0 radical (unpaired) electrons. The summed E-state index contributed by atoms with van der Waals surface area (Å²) in [4.78, 5) is 91.4. The van der Waals surface area contributed by atoms with Crippen LogP contribution in [0, 0.1) is 11.8 Å². The summed E-state index contributed by atoms with van der Waals surface area (Å²) in [5.74, 6) is 7.81. The number of likely N-dealkylation sites (N-methyl/N-ethyl adjacent to an activating group) is 1. The topological polar surface area (TPSA) is 408 Å². The van der Waals surface area contributed by atoms with Crippen LogP contribution in [0.5, 0.6) is 23.0 Å². The highest BCUT2D eigenvalue weighted by Crippen LogP contribution is 2.36. The highest BCUT2D eigenvalue weighted by atomic mass is 16.5. The third kappa shape index (κ3) is 20.9. The molecule has 0 spiro atoms. The third-order valence-electron chi connectivity index (χ3n) is 22.8. The lowest BCUT2D eigenvalue weighted by Gasteiger charge is -2.24. The first-order valence-electron chi connectivity index (χ1n) is 43.8. The van der Waals surface area contributed by atoms with Crippen LogP contribution in [0.25, 0.3) is 83.9 Å². The minimum absolute atomic E-state index is 0.0131. The molecule has 2 aliphatic carbocycles. The van der Waals surface area contributed by atoms with Gasteiger partial charge in [0, 0.05) is 155 Å². The molecule has 5 aromatic carbocycles. The molecule has 37 nitrogen and oxygen atoms in total. The number of aromatic nitrogens is 15. The summed E-state index contributed by atoms with van der Waals surface area (Å²) in [6.07, 6.45) is 22.9. The Morgan fingerprint density at radius 3 is 1.05 bits per heavy atom. The number of hydrogen-bond donors (Lipinski definition) is 9. The van der Waals surface area contributed by atoms with Crippen LogP contribution in [0.3, 0.4) is 0 Å². The monoisotopic (exact) mass is 1750 g/mol. The molecule has 5 aliphatic heterocycles. The molecule has 10 aromatic heterocycles. The van der Waals surface area contributed by atoms with Crippen LogP contribution in [-0.2, 0) is 19.2 Å². The second-order valence-electron chi connectivity index (χ2n) is 31.9. The summed E-state index contributed by atoms with van der Waals surface area (Å²) in [6, 6.07) is 48.5. The molecule has 0 unspecified atom stereocenters. The Balaban J connectivity index is 0.000000109. The number of nitrogens with two attached hydrogens (primary N) is 1. The fraction of sp³-hybridized carbons (Fsp3) is 0.301. The molecular formula is C93H100N28O9. The van der Waals surface area contributed by atoms with Crippen LogP contribution in [-0.4, -0.2) is 260 Å². The Kier molecular flexibility index (Phi) is 26.1. The lowest BCUT2D eigenvalue weighted by Crippen LogP contribution is -2.42. The molecule has 7 aliphatic rings. The number of amides is 6. The van der Waals surface area contributed by atoms with Crippen LogP contribution >= 0.6 is 0 Å². The second kappa shape index (κ2) is 39.9. The van der Waals surface area contributed by atoms with Gasteiger partial charge < -0.3 is 86.8 Å². The molecule has 22 rings (SSSR count). The quantitative estimate of drug-likeness (QED) is 0.0791. The summed E-state index contributed by atoms with van der Waals surface area (Å²) >= 11 is 0. The molecule has 666 valence electrons. The second-order valence-corrected chi connectivity index (χ2v) is 31.9. The Hall–Kier alpha value is -15.7. The van der Waals surface area contributed by atoms with Gasteiger partial charge in [-0.25, -0.2) is 52.3 Å². The lowest BCUT2D eigenvalue weighted by molar-refractivity contribution is -0.133. The number of fused-ring (bicyclic) bond motifs is 20. The first-order valence-corrected chi connectivity index (χ1v) is 43.8. The molecule has 2 saturated carbocycles. The fourth-order valence-electron chi connectivity index (χ4n) is 15.6. The number of carbonyl (C=O) groups is 5. The van der Waals surface area contributed by atoms with E-state index in [-0.39, 0.29) is 35.5 Å². The molecule has 6 amide bonds. The number of nitrogens with one attached hydrogen (secondary N) is 8. The SMILES string of the molecule is CNCC(=O)N1CCNc2ccn3ncc(c3n2)-c2cccc(c2)OCC1.NC(=O)N1CCNc2ccn3ncc(c3n2)-c2cccc(c2)OCC1.O=C(C1CC1)N1CCNc2cccc(c2)-c2cnn3ccc(nc23)NCC1.O=C(C1CC1)N1CCNc2ccn3ncc(c3n2)-c2cccc(c2)OCC1.O=C1CCNc2ccn3ncc(c3n2)-c2cccc(c2)OCCN1. The zero-order valence-electron chi connectivity index (χ0n) is 71.8. The molecule has 15 aromatic rings. The number of hydrogen-bond acceptors (Lipinski definition) is 26. The third-order valence-corrected chi connectivity index (χ3v) is 22.8. The van der Waals surface area contributed by atoms with E-state index in [1.54, 1.807) is 51.8 Å². The summed E-state index contributed by atoms with van der Waals surface area (Å²) in [5.41, 5.74) is 20.2. The van der Waals surface area contributed by atoms with Gasteiger partial charge in [-0.15, -0.1) is 0 Å². The molecule has 10 N–H and O–H groups in total. The number of ether oxygens (including phenoxy) is 4. The Morgan fingerprint density at radius 1 is 0.362 bits per heavy atom. The van der Waals surface area contributed by atoms with Gasteiger partial charge in [0.2, 0.25) is 23.6 Å². The van der Waals surface area contributed by atoms with Gasteiger partial charge in [0.25, 0.3) is 0 Å². The number of urea groups is 1. The maximum absolute atomic E-state index is 12.6. The predicted octanol–water partition coefficient (Wildman–Crippen LogP) is 9.45. The van der Waals surface area contributed by atoms with Crippen molar-refractivity contribution in [2.45, 2.75) is 32.1 Å². The standard InChI is InChI=1S/C20H22N6O.C20H21N5O2.C19H22N6O2.C17H18N6O2.C17H17N5O2/c27-20(14-4-5-14)25-10-7-21-16-3-1-2-15(12-16)17-13-23-26-9-6-18(22-8-11-25)24-19(17)26;26-20(14-4-5-14)24-9-7-21-18-6-8-25-19(23-18)17(13-22-25)15-2-1-3-16(12-15)27-11-10-24;1-20-13-18(26)24-8-6-21-17-5-7-25-19(23-17)16(12-22-25)14-3-2-4-15(11-14)27-10-9-24;18-17(24)22-7-5-19-15-4-6-23-16(21-15)14(11-20-23)12-2-1-3-13(10-12)25-9-8-22;23-16-4-6-18-15-5-8-22-17(21-15)14(11-20-22)12-2-1-3-13(10-12)24-9-7-19-16/h1-3,6,9,12-14,21H,4-5,7-8,10-11H2,(H,22,24);1-3,6,8,12-14H,4-5,7,9-11H2,(H,21,23);2-5,7,11-12,20H,6,8-10,13H2,1H3,(H,21,23);1-4,6,10-11H,5,7-9H2,(H2,18,24)(H,19,21);1-3,5,8,10-11H,4,6-7,9H2,(H,18,21)(H,19,23). The number of rotatable bonds is 4. The van der Waals surface area contributed by atoms with Crippen molar-refractivity contribution in [3.8, 4) is 78.6 Å². The maximum Gasteiger partial charge on any atom is 0.314 e. The summed E-state index contributed by atoms with van der Waals surface area (Å²) in [7, 11) is 1.77. The molecular weight excluding hydrogens is 1650 g/mol. The van der Waals surface area contributed by atoms with Gasteiger partial charge in [-0.2, -0.15) is 25.5 Å². The van der Waals surface area contributed by atoms with E-state index in [4.69, 9.17) is 39.6 Å². The zero-order valence-corrected chi connectivity index (χ0v) is 71.8. The van der Waals surface area contributed by atoms with Gasteiger partial charge in [-0.1, -0.05) is 60.7 Å². The van der Waals surface area contributed by atoms with Crippen molar-refractivity contribution in [1.82, 2.24) is 103 Å². The molecule has 0 atom stereocenters. The number of primary amides is 1. The average molecular weight is 1750 g/mol. The molecule has 37 heteroatoms. The molecule has 2 fully saturated rings. The van der Waals surface area contributed by atoms with Crippen LogP contribution in [0.4, 0.5) is 39.6 Å². The van der Waals surface area contributed by atoms with Crippen molar-refractivity contribution in [3.63, 3.8) is 0 Å². The summed E-state index contributed by atoms with van der Waals surface area (Å²) in [6.45, 7) is 10.8. The average Bonchev–Trinajstić information content (AvgIpc) is 1.66. The van der Waals surface area contributed by atoms with E-state index in [9.17, 15) is 24.0 Å². The van der Waals surface area contributed by atoms with Gasteiger partial charge in [-0.3, -0.25) is 19.2 Å². The molecule has 130 heavy (non-hydrogen) atoms. The van der Waals surface area contributed by atoms with E-state index in [2.05, 4.69) is 96.2 Å². The van der Waals surface area contributed by atoms with Crippen molar-refractivity contribution in [2.24, 2.45) is 17.6 Å². The van der Waals surface area contributed by atoms with Crippen LogP contribution < -0.4 is 67.2 Å². The lowest BCUT2D eigenvalue weighted by atomic mass is 10.1. The number of anilines is 6. The first-order chi connectivity index (χ1) is 63.8. The molecule has 15 heterocycles. The van der Waals surface area contributed by atoms with Crippen LogP contribution in [0.1, 0.15) is 32.1 Å². The largest absolute Gasteiger partial charge is 0.492 e. The van der Waals surface area contributed by atoms with Gasteiger partial charge in [0.1, 0.15) is 78.5 Å². The van der Waals surface area contributed by atoms with Crippen molar-refractivity contribution in [3.05, 3.63) is 214 Å². The normalized spacial score (nSPS) is 15.8.